The maximum absolute atomic E-state index is 11.7. The number of nitrogens with two attached hydrogens (primary N) is 1. The summed E-state index contributed by atoms with van der Waals surface area (Å²) in [5.74, 6) is 0.309. The van der Waals surface area contributed by atoms with E-state index in [1.807, 2.05) is 0 Å². The second-order valence-electron chi connectivity index (χ2n) is 4.05. The molecule has 2 rings (SSSR count). The second-order valence-corrected chi connectivity index (χ2v) is 6.29. The van der Waals surface area contributed by atoms with E-state index in [4.69, 9.17) is 5.73 Å². The molecule has 17 heavy (non-hydrogen) atoms. The van der Waals surface area contributed by atoms with Crippen molar-refractivity contribution in [2.75, 3.05) is 10.5 Å². The van der Waals surface area contributed by atoms with Gasteiger partial charge < -0.3 is 10.7 Å². The number of hydrogen-bond donors (Lipinski definition) is 3. The summed E-state index contributed by atoms with van der Waals surface area (Å²) >= 11 is 0. The summed E-state index contributed by atoms with van der Waals surface area (Å²) in [6, 6.07) is 5.03. The molecule has 0 spiro atoms. The summed E-state index contributed by atoms with van der Waals surface area (Å²) in [5.41, 5.74) is 7.41. The quantitative estimate of drug-likeness (QED) is 0.768. The van der Waals surface area contributed by atoms with Gasteiger partial charge in [-0.25, -0.2) is 13.4 Å². The number of nitrogens with one attached hydrogen (secondary N) is 2. The van der Waals surface area contributed by atoms with Crippen LogP contribution in [0, 0.1) is 0 Å². The lowest BCUT2D eigenvalue weighted by Gasteiger charge is -2.10. The van der Waals surface area contributed by atoms with Crippen LogP contribution in [0.15, 0.2) is 18.2 Å². The van der Waals surface area contributed by atoms with E-state index >= 15 is 0 Å². The molecule has 0 saturated carbocycles. The Hall–Kier alpha value is -1.76. The molecule has 0 aliphatic rings. The fraction of sp³-hybridized carbons (Fsp3) is 0.300. The maximum atomic E-state index is 11.7. The minimum atomic E-state index is -3.33. The Bertz CT molecular complexity index is 645. The number of nitrogen functional groups attached to an aromatic ring is 1. The molecule has 4 N–H and O–H groups in total. The van der Waals surface area contributed by atoms with Crippen molar-refractivity contribution < 1.29 is 8.42 Å². The first kappa shape index (κ1) is 11.7. The molecule has 1 aromatic heterocycles. The van der Waals surface area contributed by atoms with Gasteiger partial charge in [0.15, 0.2) is 5.95 Å². The van der Waals surface area contributed by atoms with E-state index < -0.39 is 15.3 Å². The fourth-order valence-electron chi connectivity index (χ4n) is 1.37. The van der Waals surface area contributed by atoms with Crippen LogP contribution >= 0.6 is 0 Å². The highest BCUT2D eigenvalue weighted by Crippen LogP contribution is 2.19. The summed E-state index contributed by atoms with van der Waals surface area (Å²) in [6.45, 7) is 3.24. The van der Waals surface area contributed by atoms with E-state index in [0.29, 0.717) is 22.7 Å². The number of aromatic nitrogens is 2. The topological polar surface area (TPSA) is 101 Å². The minimum Gasteiger partial charge on any atom is -0.369 e. The predicted octanol–water partition coefficient (Wildman–Crippen LogP) is 1.30. The number of anilines is 2. The molecular weight excluding hydrogens is 240 g/mol. The van der Waals surface area contributed by atoms with Gasteiger partial charge in [0.05, 0.1) is 22.0 Å². The Balaban J connectivity index is 2.37. The molecule has 0 aliphatic heterocycles. The Morgan fingerprint density at radius 3 is 2.76 bits per heavy atom. The van der Waals surface area contributed by atoms with Crippen molar-refractivity contribution in [1.82, 2.24) is 9.97 Å². The van der Waals surface area contributed by atoms with Crippen LogP contribution in [-0.4, -0.2) is 23.6 Å². The van der Waals surface area contributed by atoms with Gasteiger partial charge in [-0.2, -0.15) is 0 Å². The summed E-state index contributed by atoms with van der Waals surface area (Å²) in [4.78, 5) is 6.88. The molecule has 7 heteroatoms. The van der Waals surface area contributed by atoms with Crippen LogP contribution in [0.4, 0.5) is 11.6 Å². The number of fused-ring (bicyclic) bond motifs is 1. The van der Waals surface area contributed by atoms with Crippen molar-refractivity contribution in [2.45, 2.75) is 19.1 Å². The largest absolute Gasteiger partial charge is 0.369 e. The minimum absolute atomic E-state index is 0.309. The average Bonchev–Trinajstić information content (AvgIpc) is 2.56. The zero-order valence-electron chi connectivity index (χ0n) is 9.56. The Morgan fingerprint density at radius 2 is 2.12 bits per heavy atom. The number of imidazole rings is 1. The van der Waals surface area contributed by atoms with E-state index in [0.717, 1.165) is 0 Å². The highest BCUT2D eigenvalue weighted by atomic mass is 32.2. The van der Waals surface area contributed by atoms with Gasteiger partial charge in [0, 0.05) is 0 Å². The highest BCUT2D eigenvalue weighted by Gasteiger charge is 2.15. The van der Waals surface area contributed by atoms with Crippen molar-refractivity contribution in [3.8, 4) is 0 Å². The second kappa shape index (κ2) is 3.92. The molecule has 92 valence electrons. The molecule has 1 aromatic carbocycles. The number of hydrogen-bond acceptors (Lipinski definition) is 4. The third-order valence-electron chi connectivity index (χ3n) is 2.38. The zero-order valence-corrected chi connectivity index (χ0v) is 10.4. The van der Waals surface area contributed by atoms with Gasteiger partial charge >= 0.3 is 0 Å². The van der Waals surface area contributed by atoms with Crippen molar-refractivity contribution >= 4 is 32.7 Å². The van der Waals surface area contributed by atoms with Crippen molar-refractivity contribution in [2.24, 2.45) is 0 Å². The van der Waals surface area contributed by atoms with Crippen LogP contribution in [0.2, 0.25) is 0 Å². The summed E-state index contributed by atoms with van der Waals surface area (Å²) < 4.78 is 25.9. The van der Waals surface area contributed by atoms with Gasteiger partial charge in [-0.3, -0.25) is 4.72 Å². The number of aromatic amines is 1. The number of sulfonamides is 1. The lowest BCUT2D eigenvalue weighted by molar-refractivity contribution is 0.593. The Morgan fingerprint density at radius 1 is 1.41 bits per heavy atom. The SMILES string of the molecule is CC(C)S(=O)(=O)Nc1ccc2nc(N)[nH]c2c1. The third-order valence-corrected chi connectivity index (χ3v) is 4.14. The average molecular weight is 254 g/mol. The van der Waals surface area contributed by atoms with E-state index in [2.05, 4.69) is 14.7 Å². The first-order valence-corrected chi connectivity index (χ1v) is 6.70. The van der Waals surface area contributed by atoms with Gasteiger partial charge in [0.2, 0.25) is 10.0 Å². The Labute approximate surface area is 99.3 Å². The molecule has 6 nitrogen and oxygen atoms in total. The summed E-state index contributed by atoms with van der Waals surface area (Å²) in [5, 5.41) is -0.481. The smallest absolute Gasteiger partial charge is 0.235 e. The van der Waals surface area contributed by atoms with Crippen LogP contribution in [0.25, 0.3) is 11.0 Å². The molecule has 0 amide bonds. The van der Waals surface area contributed by atoms with Gasteiger partial charge in [0.25, 0.3) is 0 Å². The molecule has 0 bridgehead atoms. The monoisotopic (exact) mass is 254 g/mol. The molecule has 0 atom stereocenters. The van der Waals surface area contributed by atoms with Crippen LogP contribution in [0.5, 0.6) is 0 Å². The normalized spacial score (nSPS) is 12.2. The molecular formula is C10H14N4O2S. The summed E-state index contributed by atoms with van der Waals surface area (Å²) in [6.07, 6.45) is 0. The maximum Gasteiger partial charge on any atom is 0.235 e. The standard InChI is InChI=1S/C10H14N4O2S/c1-6(2)17(15,16)14-7-3-4-8-9(5-7)13-10(11)12-8/h3-6,14H,1-2H3,(H3,11,12,13). The van der Waals surface area contributed by atoms with Crippen LogP contribution in [0.1, 0.15) is 13.8 Å². The molecule has 0 fully saturated rings. The first-order valence-electron chi connectivity index (χ1n) is 5.15. The number of nitrogens with zero attached hydrogens (tertiary/aromatic N) is 1. The van der Waals surface area contributed by atoms with Gasteiger partial charge in [-0.05, 0) is 32.0 Å². The number of benzene rings is 1. The van der Waals surface area contributed by atoms with Gasteiger partial charge in [-0.15, -0.1) is 0 Å². The predicted molar refractivity (Wildman–Crippen MR) is 68.2 cm³/mol. The van der Waals surface area contributed by atoms with E-state index in [9.17, 15) is 8.42 Å². The van der Waals surface area contributed by atoms with Crippen LogP contribution in [0.3, 0.4) is 0 Å². The number of rotatable bonds is 3. The third kappa shape index (κ3) is 2.33. The van der Waals surface area contributed by atoms with E-state index in [1.165, 1.54) is 0 Å². The molecule has 2 aromatic rings. The van der Waals surface area contributed by atoms with Gasteiger partial charge in [-0.1, -0.05) is 0 Å². The van der Waals surface area contributed by atoms with Gasteiger partial charge in [0.1, 0.15) is 0 Å². The molecule has 1 heterocycles. The number of H-pyrrole nitrogens is 1. The lowest BCUT2D eigenvalue weighted by Crippen LogP contribution is -2.22. The zero-order chi connectivity index (χ0) is 12.6. The van der Waals surface area contributed by atoms with E-state index in [1.54, 1.807) is 32.0 Å². The summed E-state index contributed by atoms with van der Waals surface area (Å²) in [7, 11) is -3.33. The van der Waals surface area contributed by atoms with E-state index in [-0.39, 0.29) is 0 Å². The fourth-order valence-corrected chi connectivity index (χ4v) is 2.07. The first-order chi connectivity index (χ1) is 7.88. The molecule has 0 unspecified atom stereocenters. The lowest BCUT2D eigenvalue weighted by atomic mass is 10.3. The Kier molecular flexibility index (Phi) is 2.70. The molecule has 0 aliphatic carbocycles. The van der Waals surface area contributed by atoms with Crippen LogP contribution < -0.4 is 10.5 Å². The van der Waals surface area contributed by atoms with Crippen molar-refractivity contribution in [3.63, 3.8) is 0 Å². The van der Waals surface area contributed by atoms with Crippen molar-refractivity contribution in [1.29, 1.82) is 0 Å². The highest BCUT2D eigenvalue weighted by molar-refractivity contribution is 7.93. The molecule has 0 radical (unpaired) electrons. The van der Waals surface area contributed by atoms with Crippen LogP contribution in [-0.2, 0) is 10.0 Å². The van der Waals surface area contributed by atoms with Crippen molar-refractivity contribution in [3.05, 3.63) is 18.2 Å². The molecule has 0 saturated heterocycles.